The lowest BCUT2D eigenvalue weighted by Gasteiger charge is -2.15. The van der Waals surface area contributed by atoms with Crippen LogP contribution in [0.5, 0.6) is 5.75 Å². The smallest absolute Gasteiger partial charge is 0.334 e. The molecule has 0 saturated carbocycles. The summed E-state index contributed by atoms with van der Waals surface area (Å²) in [7, 11) is 1.64. The van der Waals surface area contributed by atoms with Gasteiger partial charge in [-0.1, -0.05) is 18.7 Å². The molecule has 19 heavy (non-hydrogen) atoms. The van der Waals surface area contributed by atoms with Crippen molar-refractivity contribution in [3.63, 3.8) is 0 Å². The van der Waals surface area contributed by atoms with Crippen LogP contribution in [0.1, 0.15) is 25.5 Å². The Morgan fingerprint density at radius 1 is 1.47 bits per heavy atom. The number of carbonyl (C=O) groups is 1. The minimum atomic E-state index is -0.354. The molecule has 0 amide bonds. The van der Waals surface area contributed by atoms with Gasteiger partial charge in [0.05, 0.1) is 13.7 Å². The lowest BCUT2D eigenvalue weighted by molar-refractivity contribution is -0.138. The second-order valence-corrected chi connectivity index (χ2v) is 4.20. The van der Waals surface area contributed by atoms with Crippen LogP contribution < -0.4 is 10.1 Å². The van der Waals surface area contributed by atoms with Gasteiger partial charge in [0, 0.05) is 18.2 Å². The number of hydrogen-bond donors (Lipinski definition) is 1. The molecule has 0 aliphatic rings. The summed E-state index contributed by atoms with van der Waals surface area (Å²) in [5.74, 6) is 0.461. The normalized spacial score (nSPS) is 11.7. The molecule has 0 spiro atoms. The average molecular weight is 263 g/mol. The molecule has 0 heterocycles. The molecule has 0 aliphatic heterocycles. The highest BCUT2D eigenvalue weighted by molar-refractivity contribution is 5.88. The lowest BCUT2D eigenvalue weighted by Crippen LogP contribution is -2.24. The van der Waals surface area contributed by atoms with Crippen molar-refractivity contribution < 1.29 is 14.3 Å². The molecule has 4 heteroatoms. The minimum absolute atomic E-state index is 0.0984. The summed E-state index contributed by atoms with van der Waals surface area (Å²) in [6.45, 7) is 8.27. The second kappa shape index (κ2) is 7.59. The Labute approximate surface area is 114 Å². The van der Waals surface area contributed by atoms with Crippen LogP contribution in [0.2, 0.25) is 0 Å². The van der Waals surface area contributed by atoms with Crippen molar-refractivity contribution in [2.45, 2.75) is 19.9 Å². The molecular weight excluding hydrogens is 242 g/mol. The van der Waals surface area contributed by atoms with Gasteiger partial charge in [0.1, 0.15) is 5.75 Å². The maximum absolute atomic E-state index is 11.4. The minimum Gasteiger partial charge on any atom is -0.497 e. The van der Waals surface area contributed by atoms with E-state index >= 15 is 0 Å². The zero-order chi connectivity index (χ0) is 14.3. The van der Waals surface area contributed by atoms with E-state index in [0.717, 1.165) is 11.3 Å². The first-order valence-electron chi connectivity index (χ1n) is 6.30. The molecule has 0 saturated heterocycles. The fraction of sp³-hybridized carbons (Fsp3) is 0.400. The Morgan fingerprint density at radius 3 is 2.84 bits per heavy atom. The van der Waals surface area contributed by atoms with Gasteiger partial charge >= 0.3 is 5.97 Å². The van der Waals surface area contributed by atoms with Crippen LogP contribution in [0.4, 0.5) is 0 Å². The first kappa shape index (κ1) is 15.2. The van der Waals surface area contributed by atoms with E-state index in [1.807, 2.05) is 31.2 Å². The molecule has 104 valence electrons. The maximum atomic E-state index is 11.4. The van der Waals surface area contributed by atoms with Crippen LogP contribution in [-0.4, -0.2) is 26.2 Å². The lowest BCUT2D eigenvalue weighted by atomic mass is 10.1. The molecule has 1 rings (SSSR count). The van der Waals surface area contributed by atoms with Crippen molar-refractivity contribution in [2.24, 2.45) is 0 Å². The molecule has 1 N–H and O–H groups in total. The first-order valence-corrected chi connectivity index (χ1v) is 6.30. The summed E-state index contributed by atoms with van der Waals surface area (Å²) in [6, 6.07) is 7.90. The third-order valence-corrected chi connectivity index (χ3v) is 2.78. The van der Waals surface area contributed by atoms with E-state index in [0.29, 0.717) is 18.7 Å². The molecule has 0 unspecified atom stereocenters. The highest BCUT2D eigenvalue weighted by Crippen LogP contribution is 2.18. The van der Waals surface area contributed by atoms with Crippen molar-refractivity contribution in [2.75, 3.05) is 20.3 Å². The largest absolute Gasteiger partial charge is 0.497 e. The van der Waals surface area contributed by atoms with E-state index in [4.69, 9.17) is 9.47 Å². The highest BCUT2D eigenvalue weighted by atomic mass is 16.5. The number of methoxy groups -OCH3 is 1. The average Bonchev–Trinajstić information content (AvgIpc) is 2.44. The van der Waals surface area contributed by atoms with Gasteiger partial charge in [0.15, 0.2) is 0 Å². The number of ether oxygens (including phenoxy) is 2. The number of benzene rings is 1. The SMILES string of the molecule is C=C(CN[C@H](C)c1cccc(OC)c1)C(=O)OCC. The van der Waals surface area contributed by atoms with E-state index in [1.165, 1.54) is 0 Å². The van der Waals surface area contributed by atoms with Gasteiger partial charge in [-0.25, -0.2) is 4.79 Å². The standard InChI is InChI=1S/C15H21NO3/c1-5-19-15(17)11(2)10-16-12(3)13-7-6-8-14(9-13)18-4/h6-9,12,16H,2,5,10H2,1,3-4H3/t12-/m1/s1. The van der Waals surface area contributed by atoms with Crippen LogP contribution in [0.25, 0.3) is 0 Å². The highest BCUT2D eigenvalue weighted by Gasteiger charge is 2.10. The molecule has 0 radical (unpaired) electrons. The quantitative estimate of drug-likeness (QED) is 0.606. The van der Waals surface area contributed by atoms with Crippen molar-refractivity contribution in [1.29, 1.82) is 0 Å². The predicted molar refractivity (Wildman–Crippen MR) is 75.2 cm³/mol. The molecule has 1 aromatic carbocycles. The van der Waals surface area contributed by atoms with E-state index in [-0.39, 0.29) is 12.0 Å². The van der Waals surface area contributed by atoms with Gasteiger partial charge in [0.25, 0.3) is 0 Å². The topological polar surface area (TPSA) is 47.6 Å². The first-order chi connectivity index (χ1) is 9.08. The van der Waals surface area contributed by atoms with Gasteiger partial charge in [-0.05, 0) is 31.5 Å². The summed E-state index contributed by atoms with van der Waals surface area (Å²) >= 11 is 0. The summed E-state index contributed by atoms with van der Waals surface area (Å²) in [4.78, 5) is 11.4. The van der Waals surface area contributed by atoms with Crippen molar-refractivity contribution in [1.82, 2.24) is 5.32 Å². The molecule has 0 aliphatic carbocycles. The summed E-state index contributed by atoms with van der Waals surface area (Å²) in [5.41, 5.74) is 1.52. The second-order valence-electron chi connectivity index (χ2n) is 4.20. The monoisotopic (exact) mass is 263 g/mol. The molecular formula is C15H21NO3. The Balaban J connectivity index is 2.52. The third kappa shape index (κ3) is 4.75. The van der Waals surface area contributed by atoms with Crippen molar-refractivity contribution in [3.8, 4) is 5.75 Å². The molecule has 0 fully saturated rings. The molecule has 0 bridgehead atoms. The van der Waals surface area contributed by atoms with Gasteiger partial charge in [-0.3, -0.25) is 0 Å². The number of hydrogen-bond acceptors (Lipinski definition) is 4. The maximum Gasteiger partial charge on any atom is 0.334 e. The fourth-order valence-corrected chi connectivity index (χ4v) is 1.61. The zero-order valence-electron chi connectivity index (χ0n) is 11.7. The van der Waals surface area contributed by atoms with Gasteiger partial charge in [-0.2, -0.15) is 0 Å². The molecule has 1 atom stereocenters. The number of carbonyl (C=O) groups excluding carboxylic acids is 1. The van der Waals surface area contributed by atoms with Gasteiger partial charge in [-0.15, -0.1) is 0 Å². The van der Waals surface area contributed by atoms with E-state index in [1.54, 1.807) is 14.0 Å². The van der Waals surface area contributed by atoms with E-state index in [2.05, 4.69) is 11.9 Å². The number of rotatable bonds is 7. The molecule has 0 aromatic heterocycles. The van der Waals surface area contributed by atoms with Crippen LogP contribution in [0.3, 0.4) is 0 Å². The van der Waals surface area contributed by atoms with Crippen LogP contribution >= 0.6 is 0 Å². The Bertz CT molecular complexity index is 443. The fourth-order valence-electron chi connectivity index (χ4n) is 1.61. The Hall–Kier alpha value is -1.81. The van der Waals surface area contributed by atoms with E-state index < -0.39 is 0 Å². The zero-order valence-corrected chi connectivity index (χ0v) is 11.7. The molecule has 4 nitrogen and oxygen atoms in total. The van der Waals surface area contributed by atoms with E-state index in [9.17, 15) is 4.79 Å². The number of nitrogens with one attached hydrogen (secondary N) is 1. The predicted octanol–water partition coefficient (Wildman–Crippen LogP) is 2.47. The van der Waals surface area contributed by atoms with Crippen LogP contribution in [-0.2, 0) is 9.53 Å². The number of esters is 1. The summed E-state index contributed by atoms with van der Waals surface area (Å²) < 4.78 is 10.1. The van der Waals surface area contributed by atoms with Gasteiger partial charge in [0.2, 0.25) is 0 Å². The van der Waals surface area contributed by atoms with Gasteiger partial charge < -0.3 is 14.8 Å². The third-order valence-electron chi connectivity index (χ3n) is 2.78. The van der Waals surface area contributed by atoms with Crippen LogP contribution in [0.15, 0.2) is 36.4 Å². The van der Waals surface area contributed by atoms with Crippen LogP contribution in [0, 0.1) is 0 Å². The van der Waals surface area contributed by atoms with Crippen molar-refractivity contribution >= 4 is 5.97 Å². The Morgan fingerprint density at radius 2 is 2.21 bits per heavy atom. The summed E-state index contributed by atoms with van der Waals surface area (Å²) in [6.07, 6.45) is 0. The molecule has 1 aromatic rings. The summed E-state index contributed by atoms with van der Waals surface area (Å²) in [5, 5.41) is 3.23. The Kier molecular flexibility index (Phi) is 6.09. The van der Waals surface area contributed by atoms with Crippen molar-refractivity contribution in [3.05, 3.63) is 42.0 Å².